The van der Waals surface area contributed by atoms with E-state index in [0.29, 0.717) is 46.8 Å². The number of hydrogen-bond acceptors (Lipinski definition) is 7. The number of methoxy groups -OCH3 is 1. The second-order valence-electron chi connectivity index (χ2n) is 12.6. The molecule has 0 saturated heterocycles. The number of fused-ring (bicyclic) bond motifs is 2. The third-order valence-corrected chi connectivity index (χ3v) is 9.31. The maximum atomic E-state index is 13.5. The first kappa shape index (κ1) is 30.0. The number of aliphatic hydroxyl groups is 1. The molecule has 2 fully saturated rings. The second-order valence-corrected chi connectivity index (χ2v) is 12.6. The number of carbonyl (C=O) groups excluding carboxylic acids is 2. The Hall–Kier alpha value is -4.65. The van der Waals surface area contributed by atoms with Gasteiger partial charge in [0.05, 0.1) is 31.0 Å². The van der Waals surface area contributed by atoms with Crippen LogP contribution in [0, 0.1) is 5.92 Å². The molecule has 0 bridgehead atoms. The third kappa shape index (κ3) is 5.02. The molecule has 1 aliphatic heterocycles. The quantitative estimate of drug-likeness (QED) is 0.244. The molecule has 2 aromatic heterocycles. The number of nitrogens with zero attached hydrogens (tertiary/aromatic N) is 3. The van der Waals surface area contributed by atoms with Gasteiger partial charge in [0.1, 0.15) is 40.3 Å². The van der Waals surface area contributed by atoms with Crippen LogP contribution in [0.4, 0.5) is 13.2 Å². The van der Waals surface area contributed by atoms with Crippen molar-refractivity contribution < 1.29 is 37.3 Å². The number of amides is 2. The lowest BCUT2D eigenvalue weighted by Gasteiger charge is -2.30. The summed E-state index contributed by atoms with van der Waals surface area (Å²) in [7, 11) is 1.51. The fourth-order valence-electron chi connectivity index (χ4n) is 6.08. The first-order chi connectivity index (χ1) is 21.8. The summed E-state index contributed by atoms with van der Waals surface area (Å²) in [6, 6.07) is 9.64. The fraction of sp³-hybridized carbons (Fsp3) is 0.394. The second kappa shape index (κ2) is 10.4. The van der Waals surface area contributed by atoms with E-state index < -0.39 is 34.6 Å². The average molecular weight is 636 g/mol. The minimum atomic E-state index is -4.53. The molecular weight excluding hydrogens is 603 g/mol. The van der Waals surface area contributed by atoms with E-state index >= 15 is 0 Å². The third-order valence-electron chi connectivity index (χ3n) is 9.31. The Morgan fingerprint density at radius 3 is 2.48 bits per heavy atom. The highest BCUT2D eigenvalue weighted by molar-refractivity contribution is 6.00. The molecule has 2 atom stereocenters. The first-order valence-electron chi connectivity index (χ1n) is 15.1. The van der Waals surface area contributed by atoms with Crippen LogP contribution in [0.2, 0.25) is 0 Å². The van der Waals surface area contributed by atoms with E-state index in [9.17, 15) is 27.9 Å². The number of nitrogens with two attached hydrogens (primary N) is 1. The van der Waals surface area contributed by atoms with Gasteiger partial charge in [-0.05, 0) is 68.9 Å². The molecule has 0 spiro atoms. The molecule has 2 aromatic carbocycles. The molecule has 2 saturated carbocycles. The van der Waals surface area contributed by atoms with Crippen molar-refractivity contribution >= 4 is 22.7 Å². The van der Waals surface area contributed by atoms with Gasteiger partial charge in [0.15, 0.2) is 0 Å². The van der Waals surface area contributed by atoms with E-state index in [1.54, 1.807) is 25.1 Å². The molecule has 13 heteroatoms. The number of rotatable bonds is 9. The summed E-state index contributed by atoms with van der Waals surface area (Å²) in [6.07, 6.45) is 0.765. The number of hydrogen-bond donors (Lipinski definition) is 3. The topological polar surface area (TPSA) is 142 Å². The Balaban J connectivity index is 1.25. The number of carbonyl (C=O) groups is 2. The van der Waals surface area contributed by atoms with E-state index in [2.05, 4.69) is 10.4 Å². The van der Waals surface area contributed by atoms with Crippen LogP contribution < -0.4 is 20.5 Å². The Bertz CT molecular complexity index is 1880. The lowest BCUT2D eigenvalue weighted by molar-refractivity contribution is -0.137. The minimum absolute atomic E-state index is 0.101. The van der Waals surface area contributed by atoms with Gasteiger partial charge < -0.3 is 25.6 Å². The number of pyridine rings is 1. The zero-order valence-electron chi connectivity index (χ0n) is 25.1. The Labute approximate surface area is 261 Å². The molecule has 4 aromatic rings. The number of primary amides is 1. The first-order valence-corrected chi connectivity index (χ1v) is 15.1. The van der Waals surface area contributed by atoms with Crippen molar-refractivity contribution in [2.75, 3.05) is 20.3 Å². The van der Waals surface area contributed by atoms with Gasteiger partial charge in [-0.1, -0.05) is 12.1 Å². The molecule has 10 nitrogen and oxygen atoms in total. The number of nitrogens with one attached hydrogen (secondary N) is 1. The van der Waals surface area contributed by atoms with Gasteiger partial charge in [-0.25, -0.2) is 4.98 Å². The van der Waals surface area contributed by atoms with E-state index in [0.717, 1.165) is 30.4 Å². The largest absolute Gasteiger partial charge is 0.494 e. The lowest BCUT2D eigenvalue weighted by Crippen LogP contribution is -2.44. The van der Waals surface area contributed by atoms with Gasteiger partial charge in [0, 0.05) is 28.3 Å². The molecule has 2 aliphatic carbocycles. The Morgan fingerprint density at radius 2 is 1.87 bits per heavy atom. The maximum absolute atomic E-state index is 13.5. The van der Waals surface area contributed by atoms with Gasteiger partial charge in [0.2, 0.25) is 5.91 Å². The maximum Gasteiger partial charge on any atom is 0.416 e. The predicted octanol–water partition coefficient (Wildman–Crippen LogP) is 4.62. The van der Waals surface area contributed by atoms with E-state index in [-0.39, 0.29) is 36.2 Å². The van der Waals surface area contributed by atoms with Crippen LogP contribution in [0.1, 0.15) is 65.8 Å². The summed E-state index contributed by atoms with van der Waals surface area (Å²) in [5.74, 6) is -0.729. The fourth-order valence-corrected chi connectivity index (χ4v) is 6.08. The average Bonchev–Trinajstić information content (AvgIpc) is 3.98. The van der Waals surface area contributed by atoms with Crippen LogP contribution in [0.3, 0.4) is 0 Å². The zero-order chi connectivity index (χ0) is 32.6. The van der Waals surface area contributed by atoms with Crippen molar-refractivity contribution in [1.29, 1.82) is 0 Å². The molecule has 1 unspecified atom stereocenters. The van der Waals surface area contributed by atoms with Gasteiger partial charge in [0.25, 0.3) is 5.91 Å². The van der Waals surface area contributed by atoms with Crippen LogP contribution >= 0.6 is 0 Å². The van der Waals surface area contributed by atoms with E-state index in [1.807, 2.05) is 10.9 Å². The van der Waals surface area contributed by atoms with Crippen molar-refractivity contribution in [2.45, 2.75) is 55.8 Å². The highest BCUT2D eigenvalue weighted by Gasteiger charge is 2.50. The molecule has 240 valence electrons. The van der Waals surface area contributed by atoms with Gasteiger partial charge in [-0.2, -0.15) is 18.3 Å². The monoisotopic (exact) mass is 635 g/mol. The van der Waals surface area contributed by atoms with Crippen molar-refractivity contribution in [3.63, 3.8) is 0 Å². The molecule has 46 heavy (non-hydrogen) atoms. The van der Waals surface area contributed by atoms with E-state index in [1.165, 1.54) is 19.2 Å². The minimum Gasteiger partial charge on any atom is -0.494 e. The highest BCUT2D eigenvalue weighted by atomic mass is 19.4. The van der Waals surface area contributed by atoms with Crippen LogP contribution in [-0.4, -0.2) is 51.9 Å². The Kier molecular flexibility index (Phi) is 6.82. The number of halogens is 3. The lowest BCUT2D eigenvalue weighted by atomic mass is 9.81. The Morgan fingerprint density at radius 1 is 1.15 bits per heavy atom. The van der Waals surface area contributed by atoms with Crippen LogP contribution in [0.25, 0.3) is 22.2 Å². The van der Waals surface area contributed by atoms with Crippen LogP contribution in [-0.2, 0) is 22.0 Å². The summed E-state index contributed by atoms with van der Waals surface area (Å²) in [5, 5.41) is 20.4. The van der Waals surface area contributed by atoms with Crippen LogP contribution in [0.5, 0.6) is 11.5 Å². The summed E-state index contributed by atoms with van der Waals surface area (Å²) in [4.78, 5) is 30.8. The number of alkyl halides is 3. The van der Waals surface area contributed by atoms with Crippen molar-refractivity contribution in [3.05, 3.63) is 71.0 Å². The SMILES string of the molecule is COc1cc(C(=O)NCC(O)(c2cc3c(c(-c4ccc(C(F)(F)F)cc4)n2)OC[C@]3(C)C(N)=O)C2CC2)cc2cn(C3CC3)nc12. The molecule has 7 rings (SSSR count). The van der Waals surface area contributed by atoms with Gasteiger partial charge in [-0.15, -0.1) is 0 Å². The number of benzene rings is 2. The number of aromatic nitrogens is 3. The standard InChI is InChI=1S/C33H32F3N5O5/c1-31(30(37)43)16-46-28-23(31)13-25(39-27(28)17-3-5-21(6-4-17)33(34,35)36)32(44,20-7-8-20)15-38-29(42)18-11-19-14-41(22-9-10-22)40-26(19)24(12-18)45-2/h3-6,11-14,20,22,44H,7-10,15-16H2,1-2H3,(H2,37,43)(H,38,42)/t31-,32?/m0/s1. The molecular formula is C33H32F3N5O5. The van der Waals surface area contributed by atoms with Crippen LogP contribution in [0.15, 0.2) is 48.7 Å². The molecule has 2 amide bonds. The van der Waals surface area contributed by atoms with Gasteiger partial charge in [-0.3, -0.25) is 14.3 Å². The summed E-state index contributed by atoms with van der Waals surface area (Å²) in [5.41, 5.74) is 3.96. The normalized spacial score (nSPS) is 20.6. The smallest absolute Gasteiger partial charge is 0.416 e. The van der Waals surface area contributed by atoms with Crippen molar-refractivity contribution in [1.82, 2.24) is 20.1 Å². The van der Waals surface area contributed by atoms with Crippen molar-refractivity contribution in [3.8, 4) is 22.8 Å². The molecule has 3 aliphatic rings. The molecule has 4 N–H and O–H groups in total. The molecule has 3 heterocycles. The van der Waals surface area contributed by atoms with Crippen molar-refractivity contribution in [2.24, 2.45) is 11.7 Å². The highest BCUT2D eigenvalue weighted by Crippen LogP contribution is 2.50. The molecule has 0 radical (unpaired) electrons. The zero-order valence-corrected chi connectivity index (χ0v) is 25.1. The summed E-state index contributed by atoms with van der Waals surface area (Å²) >= 11 is 0. The predicted molar refractivity (Wildman–Crippen MR) is 160 cm³/mol. The summed E-state index contributed by atoms with van der Waals surface area (Å²) in [6.45, 7) is 1.29. The van der Waals surface area contributed by atoms with Gasteiger partial charge >= 0.3 is 6.18 Å². The van der Waals surface area contributed by atoms with E-state index in [4.69, 9.17) is 20.2 Å². The summed E-state index contributed by atoms with van der Waals surface area (Å²) < 4.78 is 53.2. The number of ether oxygens (including phenoxy) is 2.